The number of aliphatic hydroxyl groups is 1. The van der Waals surface area contributed by atoms with Gasteiger partial charge in [-0.1, -0.05) is 6.07 Å². The third-order valence-corrected chi connectivity index (χ3v) is 2.77. The fourth-order valence-corrected chi connectivity index (χ4v) is 1.84. The smallest absolute Gasteiger partial charge is 0.159 e. The topological polar surface area (TPSA) is 33.1 Å². The maximum atomic E-state index is 12.9. The van der Waals surface area contributed by atoms with Gasteiger partial charge in [0, 0.05) is 11.6 Å². The van der Waals surface area contributed by atoms with Gasteiger partial charge in [0.05, 0.1) is 0 Å². The fraction of sp³-hybridized carbons (Fsp3) is 0.100. The molecule has 0 fully saturated rings. The van der Waals surface area contributed by atoms with Crippen LogP contribution in [-0.2, 0) is 0 Å². The molecule has 1 aromatic carbocycles. The lowest BCUT2D eigenvalue weighted by molar-refractivity contribution is 0.219. The van der Waals surface area contributed by atoms with Gasteiger partial charge in [-0.3, -0.25) is 0 Å². The molecule has 2 rings (SSSR count). The van der Waals surface area contributed by atoms with Crippen LogP contribution in [0.5, 0.6) is 0 Å². The Morgan fingerprint density at radius 3 is 2.67 bits per heavy atom. The van der Waals surface area contributed by atoms with Crippen molar-refractivity contribution in [3.63, 3.8) is 0 Å². The lowest BCUT2D eigenvalue weighted by atomic mass is 10.1. The first-order valence-corrected chi connectivity index (χ1v) is 5.09. The number of aliphatic hydroxyl groups excluding tert-OH is 1. The molecule has 0 aliphatic rings. The average molecular weight is 227 g/mol. The number of halogens is 2. The maximum absolute atomic E-state index is 12.9. The van der Waals surface area contributed by atoms with E-state index < -0.39 is 17.7 Å². The van der Waals surface area contributed by atoms with Crippen molar-refractivity contribution in [2.75, 3.05) is 0 Å². The van der Waals surface area contributed by atoms with E-state index >= 15 is 0 Å². The number of hydrogen-bond acceptors (Lipinski definition) is 3. The Bertz CT molecular complexity index is 458. The first-order valence-electron chi connectivity index (χ1n) is 4.21. The zero-order chi connectivity index (χ0) is 10.8. The summed E-state index contributed by atoms with van der Waals surface area (Å²) >= 11 is 1.26. The van der Waals surface area contributed by atoms with Gasteiger partial charge < -0.3 is 5.11 Å². The second-order valence-electron chi connectivity index (χ2n) is 2.95. The molecule has 0 bridgehead atoms. The van der Waals surface area contributed by atoms with Crippen LogP contribution < -0.4 is 0 Å². The largest absolute Gasteiger partial charge is 0.381 e. The minimum Gasteiger partial charge on any atom is -0.381 e. The highest BCUT2D eigenvalue weighted by atomic mass is 32.1. The Hall–Kier alpha value is -1.33. The molecule has 2 nitrogen and oxygen atoms in total. The SMILES string of the molecule is OC(c1ccc(F)c(F)c1)c1nccs1. The standard InChI is InChI=1S/C10H7F2NOS/c11-7-2-1-6(5-8(7)12)9(14)10-13-3-4-15-10/h1-5,9,14H. The fourth-order valence-electron chi connectivity index (χ4n) is 1.19. The van der Waals surface area contributed by atoms with Gasteiger partial charge in [0.15, 0.2) is 11.6 Å². The van der Waals surface area contributed by atoms with Gasteiger partial charge in [0.1, 0.15) is 11.1 Å². The minimum atomic E-state index is -1.000. The molecule has 2 aromatic rings. The van der Waals surface area contributed by atoms with E-state index in [9.17, 15) is 13.9 Å². The van der Waals surface area contributed by atoms with Crippen molar-refractivity contribution in [1.82, 2.24) is 4.98 Å². The zero-order valence-electron chi connectivity index (χ0n) is 7.52. The molecular formula is C10H7F2NOS. The highest BCUT2D eigenvalue weighted by Crippen LogP contribution is 2.24. The van der Waals surface area contributed by atoms with Crippen molar-refractivity contribution in [3.05, 3.63) is 52.0 Å². The Labute approximate surface area is 88.8 Å². The maximum Gasteiger partial charge on any atom is 0.159 e. The van der Waals surface area contributed by atoms with E-state index in [0.717, 1.165) is 12.1 Å². The monoisotopic (exact) mass is 227 g/mol. The molecule has 0 radical (unpaired) electrons. The van der Waals surface area contributed by atoms with E-state index in [0.29, 0.717) is 10.6 Å². The van der Waals surface area contributed by atoms with Crippen LogP contribution in [0.4, 0.5) is 8.78 Å². The van der Waals surface area contributed by atoms with Crippen LogP contribution >= 0.6 is 11.3 Å². The molecule has 1 unspecified atom stereocenters. The van der Waals surface area contributed by atoms with E-state index in [1.54, 1.807) is 11.6 Å². The van der Waals surface area contributed by atoms with Gasteiger partial charge in [0.25, 0.3) is 0 Å². The number of rotatable bonds is 2. The van der Waals surface area contributed by atoms with Crippen molar-refractivity contribution in [2.24, 2.45) is 0 Å². The molecule has 0 saturated carbocycles. The quantitative estimate of drug-likeness (QED) is 0.855. The third-order valence-electron chi connectivity index (χ3n) is 1.94. The van der Waals surface area contributed by atoms with Crippen LogP contribution in [0.25, 0.3) is 0 Å². The second kappa shape index (κ2) is 4.04. The van der Waals surface area contributed by atoms with Crippen LogP contribution in [0.1, 0.15) is 16.7 Å². The summed E-state index contributed by atoms with van der Waals surface area (Å²) in [6, 6.07) is 3.30. The normalized spacial score (nSPS) is 12.7. The summed E-state index contributed by atoms with van der Waals surface area (Å²) < 4.78 is 25.5. The van der Waals surface area contributed by atoms with Gasteiger partial charge in [-0.25, -0.2) is 13.8 Å². The molecule has 5 heteroatoms. The average Bonchev–Trinajstić information content (AvgIpc) is 2.74. The van der Waals surface area contributed by atoms with Gasteiger partial charge in [0.2, 0.25) is 0 Å². The second-order valence-corrected chi connectivity index (χ2v) is 3.87. The van der Waals surface area contributed by atoms with E-state index in [4.69, 9.17) is 0 Å². The summed E-state index contributed by atoms with van der Waals surface area (Å²) in [6.45, 7) is 0. The summed E-state index contributed by atoms with van der Waals surface area (Å²) in [6.07, 6.45) is 0.545. The number of thiazole rings is 1. The first kappa shape index (κ1) is 10.2. The lowest BCUT2D eigenvalue weighted by Gasteiger charge is -2.07. The van der Waals surface area contributed by atoms with Crippen LogP contribution in [0.2, 0.25) is 0 Å². The minimum absolute atomic E-state index is 0.295. The first-order chi connectivity index (χ1) is 7.18. The zero-order valence-corrected chi connectivity index (χ0v) is 8.34. The molecule has 1 atom stereocenters. The number of aromatic nitrogens is 1. The molecule has 1 heterocycles. The van der Waals surface area contributed by atoms with Crippen molar-refractivity contribution in [1.29, 1.82) is 0 Å². The molecule has 0 aliphatic heterocycles. The van der Waals surface area contributed by atoms with E-state index in [1.165, 1.54) is 17.4 Å². The highest BCUT2D eigenvalue weighted by Gasteiger charge is 2.14. The van der Waals surface area contributed by atoms with Crippen LogP contribution in [0, 0.1) is 11.6 Å². The molecule has 1 aromatic heterocycles. The summed E-state index contributed by atoms with van der Waals surface area (Å²) in [4.78, 5) is 3.90. The molecule has 0 amide bonds. The van der Waals surface area contributed by atoms with Crippen LogP contribution in [0.15, 0.2) is 29.8 Å². The van der Waals surface area contributed by atoms with Crippen molar-refractivity contribution < 1.29 is 13.9 Å². The Balaban J connectivity index is 2.34. The van der Waals surface area contributed by atoms with Crippen molar-refractivity contribution >= 4 is 11.3 Å². The Kier molecular flexibility index (Phi) is 2.75. The number of nitrogens with zero attached hydrogens (tertiary/aromatic N) is 1. The Morgan fingerprint density at radius 1 is 1.27 bits per heavy atom. The summed E-state index contributed by atoms with van der Waals surface area (Å²) in [5, 5.41) is 11.9. The molecule has 0 aliphatic carbocycles. The predicted molar refractivity (Wildman–Crippen MR) is 52.5 cm³/mol. The van der Waals surface area contributed by atoms with E-state index in [2.05, 4.69) is 4.98 Å². The molecule has 0 spiro atoms. The van der Waals surface area contributed by atoms with E-state index in [-0.39, 0.29) is 0 Å². The Morgan fingerprint density at radius 2 is 2.07 bits per heavy atom. The molecule has 15 heavy (non-hydrogen) atoms. The summed E-state index contributed by atoms with van der Waals surface area (Å²) in [5.74, 6) is -1.90. The third kappa shape index (κ3) is 2.03. The molecule has 0 saturated heterocycles. The van der Waals surface area contributed by atoms with Crippen molar-refractivity contribution in [2.45, 2.75) is 6.10 Å². The van der Waals surface area contributed by atoms with Crippen molar-refractivity contribution in [3.8, 4) is 0 Å². The predicted octanol–water partition coefficient (Wildman–Crippen LogP) is 2.50. The summed E-state index contributed by atoms with van der Waals surface area (Å²) in [7, 11) is 0. The summed E-state index contributed by atoms with van der Waals surface area (Å²) in [5.41, 5.74) is 0.295. The van der Waals surface area contributed by atoms with Gasteiger partial charge in [-0.2, -0.15) is 0 Å². The van der Waals surface area contributed by atoms with Gasteiger partial charge in [-0.15, -0.1) is 11.3 Å². The van der Waals surface area contributed by atoms with E-state index in [1.807, 2.05) is 0 Å². The molecule has 78 valence electrons. The number of benzene rings is 1. The molecular weight excluding hydrogens is 220 g/mol. The molecule has 1 N–H and O–H groups in total. The van der Waals surface area contributed by atoms with Crippen LogP contribution in [0.3, 0.4) is 0 Å². The number of hydrogen-bond donors (Lipinski definition) is 1. The van der Waals surface area contributed by atoms with Crippen LogP contribution in [-0.4, -0.2) is 10.1 Å². The van der Waals surface area contributed by atoms with Gasteiger partial charge >= 0.3 is 0 Å². The van der Waals surface area contributed by atoms with Gasteiger partial charge in [-0.05, 0) is 17.7 Å². The lowest BCUT2D eigenvalue weighted by Crippen LogP contribution is -2.00. The highest BCUT2D eigenvalue weighted by molar-refractivity contribution is 7.09.